The van der Waals surface area contributed by atoms with Gasteiger partial charge in [0.15, 0.2) is 11.6 Å². The Labute approximate surface area is 79.0 Å². The number of carbonyl (C=O) groups excluding carboxylic acids is 1. The van der Waals surface area contributed by atoms with E-state index in [2.05, 4.69) is 5.32 Å². The maximum atomic E-state index is 13.0. The van der Waals surface area contributed by atoms with Crippen molar-refractivity contribution >= 4 is 5.91 Å². The molecule has 0 aromatic heterocycles. The predicted octanol–water partition coefficient (Wildman–Crippen LogP) is 1.22. The maximum Gasteiger partial charge on any atom is 0.255 e. The molecule has 0 aliphatic heterocycles. The molecule has 0 fully saturated rings. The second-order valence-corrected chi connectivity index (χ2v) is 2.44. The summed E-state index contributed by atoms with van der Waals surface area (Å²) >= 11 is 0. The minimum Gasteiger partial charge on any atom is -0.339 e. The van der Waals surface area contributed by atoms with E-state index in [0.717, 1.165) is 12.1 Å². The highest BCUT2D eigenvalue weighted by Gasteiger charge is 2.13. The van der Waals surface area contributed by atoms with E-state index < -0.39 is 23.1 Å². The number of nitrogens with one attached hydrogen (secondary N) is 1. The van der Waals surface area contributed by atoms with Crippen LogP contribution in [0.3, 0.4) is 0 Å². The molecule has 0 heterocycles. The van der Waals surface area contributed by atoms with Gasteiger partial charge in [-0.05, 0) is 12.1 Å². The molecule has 3 nitrogen and oxygen atoms in total. The minimum atomic E-state index is -1.21. The maximum absolute atomic E-state index is 13.0. The van der Waals surface area contributed by atoms with E-state index in [0.29, 0.717) is 0 Å². The average Bonchev–Trinajstić information content (AvgIpc) is 2.18. The van der Waals surface area contributed by atoms with Crippen LogP contribution >= 0.6 is 0 Å². The zero-order valence-corrected chi connectivity index (χ0v) is 7.05. The highest BCUT2D eigenvalue weighted by Crippen LogP contribution is 2.10. The van der Waals surface area contributed by atoms with E-state index >= 15 is 0 Å². The Kier molecular flexibility index (Phi) is 3.13. The smallest absolute Gasteiger partial charge is 0.255 e. The summed E-state index contributed by atoms with van der Waals surface area (Å²) in [5, 5.41) is 10.3. The Morgan fingerprint density at radius 1 is 1.50 bits per heavy atom. The highest BCUT2D eigenvalue weighted by atomic mass is 19.2. The van der Waals surface area contributed by atoms with E-state index in [-0.39, 0.29) is 6.54 Å². The minimum absolute atomic E-state index is 0.241. The standard InChI is InChI=1S/C9H6F2N2O/c10-7-3-1-2-6(8(7)11)9(14)13-5-4-12/h1-3H,5H2,(H,13,14). The van der Waals surface area contributed by atoms with Crippen LogP contribution in [0.25, 0.3) is 0 Å². The zero-order valence-electron chi connectivity index (χ0n) is 7.05. The fourth-order valence-electron chi connectivity index (χ4n) is 0.894. The Bertz CT molecular complexity index is 398. The van der Waals surface area contributed by atoms with E-state index in [9.17, 15) is 13.6 Å². The van der Waals surface area contributed by atoms with Crippen LogP contribution in [-0.4, -0.2) is 12.5 Å². The molecule has 0 unspecified atom stereocenters. The molecule has 0 radical (unpaired) electrons. The predicted molar refractivity (Wildman–Crippen MR) is 44.3 cm³/mol. The molecule has 1 aromatic rings. The first-order chi connectivity index (χ1) is 6.66. The molecule has 0 saturated carbocycles. The van der Waals surface area contributed by atoms with Crippen LogP contribution in [0.15, 0.2) is 18.2 Å². The van der Waals surface area contributed by atoms with Gasteiger partial charge in [0.25, 0.3) is 5.91 Å². The lowest BCUT2D eigenvalue weighted by molar-refractivity contribution is 0.0953. The number of nitrogens with zero attached hydrogens (tertiary/aromatic N) is 1. The van der Waals surface area contributed by atoms with Crippen LogP contribution in [0.1, 0.15) is 10.4 Å². The van der Waals surface area contributed by atoms with Gasteiger partial charge in [0, 0.05) is 0 Å². The zero-order chi connectivity index (χ0) is 10.6. The van der Waals surface area contributed by atoms with Crippen molar-refractivity contribution in [2.24, 2.45) is 0 Å². The topological polar surface area (TPSA) is 52.9 Å². The third kappa shape index (κ3) is 2.04. The Morgan fingerprint density at radius 3 is 2.86 bits per heavy atom. The summed E-state index contributed by atoms with van der Waals surface area (Å²) in [6, 6.07) is 4.93. The normalized spacial score (nSPS) is 9.21. The summed E-state index contributed by atoms with van der Waals surface area (Å²) in [6.07, 6.45) is 0. The molecule has 0 aliphatic rings. The molecule has 0 saturated heterocycles. The summed E-state index contributed by atoms with van der Waals surface area (Å²) in [6.45, 7) is -0.241. The number of hydrogen-bond donors (Lipinski definition) is 1. The van der Waals surface area contributed by atoms with Crippen LogP contribution in [0.4, 0.5) is 8.78 Å². The van der Waals surface area contributed by atoms with E-state index in [4.69, 9.17) is 5.26 Å². The second kappa shape index (κ2) is 4.33. The van der Waals surface area contributed by atoms with Crippen molar-refractivity contribution in [3.63, 3.8) is 0 Å². The largest absolute Gasteiger partial charge is 0.339 e. The van der Waals surface area contributed by atoms with Crippen molar-refractivity contribution in [1.29, 1.82) is 5.26 Å². The van der Waals surface area contributed by atoms with Crippen LogP contribution in [0, 0.1) is 23.0 Å². The van der Waals surface area contributed by atoms with Crippen molar-refractivity contribution in [1.82, 2.24) is 5.32 Å². The van der Waals surface area contributed by atoms with Gasteiger partial charge in [0.2, 0.25) is 0 Å². The van der Waals surface area contributed by atoms with Crippen molar-refractivity contribution in [3.05, 3.63) is 35.4 Å². The monoisotopic (exact) mass is 196 g/mol. The first-order valence-corrected chi connectivity index (χ1v) is 3.76. The summed E-state index contributed by atoms with van der Waals surface area (Å²) in [5.41, 5.74) is -0.403. The first kappa shape index (κ1) is 10.1. The molecule has 0 bridgehead atoms. The van der Waals surface area contributed by atoms with Gasteiger partial charge in [-0.15, -0.1) is 0 Å². The summed E-state index contributed by atoms with van der Waals surface area (Å²) in [7, 11) is 0. The van der Waals surface area contributed by atoms with Gasteiger partial charge in [-0.3, -0.25) is 4.79 Å². The van der Waals surface area contributed by atoms with Crippen molar-refractivity contribution in [2.75, 3.05) is 6.54 Å². The van der Waals surface area contributed by atoms with Crippen LogP contribution in [0.2, 0.25) is 0 Å². The molecule has 1 rings (SSSR count). The number of nitriles is 1. The van der Waals surface area contributed by atoms with Gasteiger partial charge in [0.1, 0.15) is 6.54 Å². The SMILES string of the molecule is N#CCNC(=O)c1cccc(F)c1F. The quantitative estimate of drug-likeness (QED) is 0.723. The van der Waals surface area contributed by atoms with Gasteiger partial charge in [-0.25, -0.2) is 8.78 Å². The van der Waals surface area contributed by atoms with Gasteiger partial charge in [-0.1, -0.05) is 6.07 Å². The van der Waals surface area contributed by atoms with Crippen molar-refractivity contribution in [3.8, 4) is 6.07 Å². The molecule has 5 heteroatoms. The first-order valence-electron chi connectivity index (χ1n) is 3.76. The highest BCUT2D eigenvalue weighted by molar-refractivity contribution is 5.94. The second-order valence-electron chi connectivity index (χ2n) is 2.44. The Morgan fingerprint density at radius 2 is 2.21 bits per heavy atom. The summed E-state index contributed by atoms with van der Waals surface area (Å²) in [5.74, 6) is -3.10. The Balaban J connectivity index is 2.91. The molecule has 0 atom stereocenters. The fourth-order valence-corrected chi connectivity index (χ4v) is 0.894. The summed E-state index contributed by atoms with van der Waals surface area (Å²) < 4.78 is 25.6. The van der Waals surface area contributed by atoms with Gasteiger partial charge in [-0.2, -0.15) is 5.26 Å². The number of amides is 1. The van der Waals surface area contributed by atoms with E-state index in [1.807, 2.05) is 0 Å². The molecule has 14 heavy (non-hydrogen) atoms. The molecular formula is C9H6F2N2O. The molecule has 1 aromatic carbocycles. The Hall–Kier alpha value is -1.96. The summed E-state index contributed by atoms with van der Waals surface area (Å²) in [4.78, 5) is 11.1. The van der Waals surface area contributed by atoms with Crippen LogP contribution < -0.4 is 5.32 Å². The number of carbonyl (C=O) groups is 1. The lowest BCUT2D eigenvalue weighted by Gasteiger charge is -2.02. The third-order valence-corrected chi connectivity index (χ3v) is 1.52. The molecule has 0 aliphatic carbocycles. The van der Waals surface area contributed by atoms with Crippen LogP contribution in [0.5, 0.6) is 0 Å². The van der Waals surface area contributed by atoms with Gasteiger partial charge < -0.3 is 5.32 Å². The number of benzene rings is 1. The van der Waals surface area contributed by atoms with E-state index in [1.165, 1.54) is 6.07 Å². The number of hydrogen-bond acceptors (Lipinski definition) is 2. The van der Waals surface area contributed by atoms with Crippen LogP contribution in [-0.2, 0) is 0 Å². The van der Waals surface area contributed by atoms with Gasteiger partial charge in [0.05, 0.1) is 11.6 Å². The lowest BCUT2D eigenvalue weighted by Crippen LogP contribution is -2.24. The average molecular weight is 196 g/mol. The molecule has 1 amide bonds. The lowest BCUT2D eigenvalue weighted by atomic mass is 10.2. The molecule has 1 N–H and O–H groups in total. The number of halogens is 2. The molecule has 0 spiro atoms. The third-order valence-electron chi connectivity index (χ3n) is 1.52. The van der Waals surface area contributed by atoms with Gasteiger partial charge >= 0.3 is 0 Å². The fraction of sp³-hybridized carbons (Fsp3) is 0.111. The molecular weight excluding hydrogens is 190 g/mol. The van der Waals surface area contributed by atoms with E-state index in [1.54, 1.807) is 6.07 Å². The number of rotatable bonds is 2. The van der Waals surface area contributed by atoms with Crippen molar-refractivity contribution < 1.29 is 13.6 Å². The molecule has 72 valence electrons. The van der Waals surface area contributed by atoms with Crippen molar-refractivity contribution in [2.45, 2.75) is 0 Å².